The Morgan fingerprint density at radius 3 is 2.12 bits per heavy atom. The van der Waals surface area contributed by atoms with E-state index in [1.165, 1.54) is 6.92 Å². The van der Waals surface area contributed by atoms with Crippen molar-refractivity contribution < 1.29 is 23.9 Å². The summed E-state index contributed by atoms with van der Waals surface area (Å²) in [6.45, 7) is 4.59. The normalized spacial score (nSPS) is 12.8. The molecule has 7 nitrogen and oxygen atoms in total. The van der Waals surface area contributed by atoms with Crippen molar-refractivity contribution in [2.24, 2.45) is 5.73 Å². The van der Waals surface area contributed by atoms with Gasteiger partial charge in [0.25, 0.3) is 0 Å². The first-order valence-electron chi connectivity index (χ1n) is 7.43. The van der Waals surface area contributed by atoms with Crippen molar-refractivity contribution >= 4 is 33.9 Å². The summed E-state index contributed by atoms with van der Waals surface area (Å²) in [6.07, 6.45) is 0. The minimum Gasteiger partial charge on any atom is -0.465 e. The average Bonchev–Trinajstić information content (AvgIpc) is 2.52. The third-order valence-electron chi connectivity index (χ3n) is 3.48. The Labute approximate surface area is 149 Å². The van der Waals surface area contributed by atoms with E-state index in [-0.39, 0.29) is 13.2 Å². The van der Waals surface area contributed by atoms with E-state index in [0.717, 1.165) is 9.37 Å². The lowest BCUT2D eigenvalue weighted by Gasteiger charge is -2.37. The molecule has 2 N–H and O–H groups in total. The molecule has 1 aromatic rings. The average molecular weight is 401 g/mol. The number of amides is 2. The molecule has 0 spiro atoms. The molecule has 24 heavy (non-hydrogen) atoms. The highest BCUT2D eigenvalue weighted by atomic mass is 79.9. The van der Waals surface area contributed by atoms with Crippen molar-refractivity contribution in [2.75, 3.05) is 19.8 Å². The number of benzene rings is 1. The summed E-state index contributed by atoms with van der Waals surface area (Å²) in [5.41, 5.74) is 4.34. The van der Waals surface area contributed by atoms with Gasteiger partial charge >= 0.3 is 18.0 Å². The van der Waals surface area contributed by atoms with Gasteiger partial charge in [-0.2, -0.15) is 0 Å². The number of nitrogens with two attached hydrogens (primary N) is 1. The highest BCUT2D eigenvalue weighted by Gasteiger charge is 2.45. The molecular weight excluding hydrogens is 380 g/mol. The number of halogens is 1. The molecule has 1 atom stereocenters. The first-order valence-corrected chi connectivity index (χ1v) is 8.22. The standard InChI is InChI=1S/C16H21BrN2O5/c1-4-23-13(20)10-19(15(18)22)16(3,14(21)24-5-2)11-6-8-12(17)9-7-11/h6-9H,4-5,10H2,1-3H3,(H2,18,22)/t16-/m0/s1. The summed E-state index contributed by atoms with van der Waals surface area (Å²) in [5, 5.41) is 0. The number of ether oxygens (including phenoxy) is 2. The molecule has 0 saturated carbocycles. The molecule has 0 aliphatic carbocycles. The predicted molar refractivity (Wildman–Crippen MR) is 91.0 cm³/mol. The summed E-state index contributed by atoms with van der Waals surface area (Å²) in [4.78, 5) is 37.3. The second kappa shape index (κ2) is 8.68. The van der Waals surface area contributed by atoms with Crippen LogP contribution in [-0.4, -0.2) is 42.6 Å². The molecule has 8 heteroatoms. The van der Waals surface area contributed by atoms with Crippen LogP contribution in [0.15, 0.2) is 28.7 Å². The minimum atomic E-state index is -1.56. The molecule has 0 aliphatic rings. The van der Waals surface area contributed by atoms with E-state index in [0.29, 0.717) is 5.56 Å². The van der Waals surface area contributed by atoms with Gasteiger partial charge < -0.3 is 15.2 Å². The molecule has 0 aromatic heterocycles. The maximum Gasteiger partial charge on any atom is 0.336 e. The summed E-state index contributed by atoms with van der Waals surface area (Å²) in [7, 11) is 0. The Hall–Kier alpha value is -2.09. The third-order valence-corrected chi connectivity index (χ3v) is 4.01. The molecule has 2 amide bonds. The van der Waals surface area contributed by atoms with E-state index in [1.807, 2.05) is 0 Å². The molecule has 0 heterocycles. The van der Waals surface area contributed by atoms with Crippen LogP contribution < -0.4 is 5.73 Å². The van der Waals surface area contributed by atoms with Crippen LogP contribution in [-0.2, 0) is 24.6 Å². The number of hydrogen-bond donors (Lipinski definition) is 1. The van der Waals surface area contributed by atoms with Crippen molar-refractivity contribution in [3.05, 3.63) is 34.3 Å². The molecule has 0 unspecified atom stereocenters. The van der Waals surface area contributed by atoms with Crippen molar-refractivity contribution in [2.45, 2.75) is 26.3 Å². The zero-order chi connectivity index (χ0) is 18.3. The van der Waals surface area contributed by atoms with Gasteiger partial charge in [0.1, 0.15) is 6.54 Å². The quantitative estimate of drug-likeness (QED) is 0.706. The van der Waals surface area contributed by atoms with Crippen molar-refractivity contribution in [3.8, 4) is 0 Å². The van der Waals surface area contributed by atoms with E-state index in [4.69, 9.17) is 15.2 Å². The van der Waals surface area contributed by atoms with Crippen LogP contribution in [0.4, 0.5) is 4.79 Å². The molecule has 132 valence electrons. The fourth-order valence-corrected chi connectivity index (χ4v) is 2.49. The smallest absolute Gasteiger partial charge is 0.336 e. The molecule has 0 fully saturated rings. The summed E-state index contributed by atoms with van der Waals surface area (Å²) in [6, 6.07) is 5.82. The molecule has 0 saturated heterocycles. The first-order chi connectivity index (χ1) is 11.3. The fraction of sp³-hybridized carbons (Fsp3) is 0.438. The van der Waals surface area contributed by atoms with E-state index in [2.05, 4.69) is 15.9 Å². The van der Waals surface area contributed by atoms with E-state index in [1.54, 1.807) is 38.1 Å². The molecule has 0 bridgehead atoms. The maximum atomic E-state index is 12.6. The summed E-state index contributed by atoms with van der Waals surface area (Å²) < 4.78 is 10.8. The first kappa shape index (κ1) is 20.0. The van der Waals surface area contributed by atoms with Gasteiger partial charge in [-0.05, 0) is 38.5 Å². The number of urea groups is 1. The number of carbonyl (C=O) groups excluding carboxylic acids is 3. The van der Waals surface area contributed by atoms with Crippen molar-refractivity contribution in [1.82, 2.24) is 4.90 Å². The minimum absolute atomic E-state index is 0.122. The largest absolute Gasteiger partial charge is 0.465 e. The van der Waals surface area contributed by atoms with Gasteiger partial charge in [0.2, 0.25) is 0 Å². The topological polar surface area (TPSA) is 98.9 Å². The zero-order valence-corrected chi connectivity index (χ0v) is 15.5. The van der Waals surface area contributed by atoms with Crippen LogP contribution in [0.3, 0.4) is 0 Å². The molecule has 1 rings (SSSR count). The van der Waals surface area contributed by atoms with Crippen molar-refractivity contribution in [3.63, 3.8) is 0 Å². The SMILES string of the molecule is CCOC(=O)CN(C(N)=O)[C@](C)(C(=O)OCC)c1ccc(Br)cc1. The van der Waals surface area contributed by atoms with E-state index < -0.39 is 30.1 Å². The van der Waals surface area contributed by atoms with Gasteiger partial charge in [-0.1, -0.05) is 28.1 Å². The van der Waals surface area contributed by atoms with E-state index in [9.17, 15) is 14.4 Å². The third kappa shape index (κ3) is 4.47. The monoisotopic (exact) mass is 400 g/mol. The number of primary amides is 1. The predicted octanol–water partition coefficient (Wildman–Crippen LogP) is 2.17. The molecule has 0 radical (unpaired) electrons. The maximum absolute atomic E-state index is 12.6. The molecular formula is C16H21BrN2O5. The number of nitrogens with zero attached hydrogens (tertiary/aromatic N) is 1. The Morgan fingerprint density at radius 1 is 1.12 bits per heavy atom. The lowest BCUT2D eigenvalue weighted by atomic mass is 9.90. The number of hydrogen-bond acceptors (Lipinski definition) is 5. The Kier molecular flexibility index (Phi) is 7.21. The molecule has 0 aliphatic heterocycles. The van der Waals surface area contributed by atoms with Gasteiger partial charge in [-0.25, -0.2) is 9.59 Å². The lowest BCUT2D eigenvalue weighted by Crippen LogP contribution is -2.57. The number of esters is 2. The van der Waals surface area contributed by atoms with Gasteiger partial charge in [-0.3, -0.25) is 9.69 Å². The van der Waals surface area contributed by atoms with Crippen LogP contribution in [0.2, 0.25) is 0 Å². The second-order valence-electron chi connectivity index (χ2n) is 5.03. The van der Waals surface area contributed by atoms with Crippen LogP contribution in [0, 0.1) is 0 Å². The molecule has 1 aromatic carbocycles. The zero-order valence-electron chi connectivity index (χ0n) is 13.9. The van der Waals surface area contributed by atoms with Crippen LogP contribution in [0.1, 0.15) is 26.3 Å². The highest BCUT2D eigenvalue weighted by Crippen LogP contribution is 2.31. The number of carbonyl (C=O) groups is 3. The Bertz CT molecular complexity index is 605. The Morgan fingerprint density at radius 2 is 1.67 bits per heavy atom. The van der Waals surface area contributed by atoms with Crippen LogP contribution in [0.5, 0.6) is 0 Å². The van der Waals surface area contributed by atoms with Gasteiger partial charge in [0, 0.05) is 4.47 Å². The van der Waals surface area contributed by atoms with Crippen LogP contribution in [0.25, 0.3) is 0 Å². The van der Waals surface area contributed by atoms with Gasteiger partial charge in [0.15, 0.2) is 5.54 Å². The summed E-state index contributed by atoms with van der Waals surface area (Å²) >= 11 is 3.31. The second-order valence-corrected chi connectivity index (χ2v) is 5.94. The Balaban J connectivity index is 3.36. The lowest BCUT2D eigenvalue weighted by molar-refractivity contribution is -0.158. The van der Waals surface area contributed by atoms with E-state index >= 15 is 0 Å². The van der Waals surface area contributed by atoms with Gasteiger partial charge in [-0.15, -0.1) is 0 Å². The highest BCUT2D eigenvalue weighted by molar-refractivity contribution is 9.10. The van der Waals surface area contributed by atoms with Gasteiger partial charge in [0.05, 0.1) is 13.2 Å². The fourth-order valence-electron chi connectivity index (χ4n) is 2.22. The van der Waals surface area contributed by atoms with Crippen molar-refractivity contribution in [1.29, 1.82) is 0 Å². The summed E-state index contributed by atoms with van der Waals surface area (Å²) in [5.74, 6) is -1.35. The number of rotatable bonds is 7. The van der Waals surface area contributed by atoms with Crippen LogP contribution >= 0.6 is 15.9 Å².